The summed E-state index contributed by atoms with van der Waals surface area (Å²) in [6.45, 7) is 2.24. The Balaban J connectivity index is 1.42. The first kappa shape index (κ1) is 18.8. The number of amides is 3. The van der Waals surface area contributed by atoms with E-state index in [1.165, 1.54) is 4.90 Å². The maximum atomic E-state index is 12.9. The molecular weight excluding hydrogens is 422 g/mol. The van der Waals surface area contributed by atoms with E-state index in [1.54, 1.807) is 23.1 Å². The van der Waals surface area contributed by atoms with Crippen LogP contribution >= 0.6 is 15.9 Å². The molecule has 2 aliphatic rings. The lowest BCUT2D eigenvalue weighted by molar-refractivity contribution is -0.123. The van der Waals surface area contributed by atoms with E-state index in [4.69, 9.17) is 0 Å². The van der Waals surface area contributed by atoms with Gasteiger partial charge in [0, 0.05) is 36.2 Å². The number of anilines is 1. The first-order chi connectivity index (χ1) is 13.5. The maximum Gasteiger partial charge on any atom is 0.253 e. The van der Waals surface area contributed by atoms with Crippen molar-refractivity contribution in [2.24, 2.45) is 0 Å². The van der Waals surface area contributed by atoms with Crippen LogP contribution in [0.25, 0.3) is 0 Å². The Hall–Kier alpha value is -2.51. The van der Waals surface area contributed by atoms with Gasteiger partial charge >= 0.3 is 0 Å². The van der Waals surface area contributed by atoms with Gasteiger partial charge in [0.1, 0.15) is 0 Å². The smallest absolute Gasteiger partial charge is 0.253 e. The lowest BCUT2D eigenvalue weighted by Crippen LogP contribution is -2.53. The number of carbonyl (C=O) groups excluding carboxylic acids is 3. The molecule has 2 heterocycles. The molecule has 0 N–H and O–H groups in total. The van der Waals surface area contributed by atoms with Crippen LogP contribution in [-0.4, -0.2) is 59.7 Å². The summed E-state index contributed by atoms with van der Waals surface area (Å²) < 4.78 is 0.821. The third-order valence-corrected chi connectivity index (χ3v) is 5.75. The fourth-order valence-electron chi connectivity index (χ4n) is 3.79. The van der Waals surface area contributed by atoms with E-state index in [0.29, 0.717) is 37.4 Å². The molecule has 0 unspecified atom stereocenters. The van der Waals surface area contributed by atoms with E-state index in [9.17, 15) is 14.4 Å². The van der Waals surface area contributed by atoms with Crippen molar-refractivity contribution >= 4 is 39.3 Å². The number of carbonyl (C=O) groups is 3. The van der Waals surface area contributed by atoms with Crippen LogP contribution in [0.2, 0.25) is 0 Å². The molecule has 4 rings (SSSR count). The predicted molar refractivity (Wildman–Crippen MR) is 109 cm³/mol. The van der Waals surface area contributed by atoms with Gasteiger partial charge in [-0.15, -0.1) is 0 Å². The number of hydrogen-bond acceptors (Lipinski definition) is 4. The van der Waals surface area contributed by atoms with Crippen LogP contribution in [0.5, 0.6) is 0 Å². The van der Waals surface area contributed by atoms with Gasteiger partial charge in [-0.25, -0.2) is 4.90 Å². The zero-order chi connectivity index (χ0) is 19.7. The van der Waals surface area contributed by atoms with Crippen molar-refractivity contribution in [3.05, 3.63) is 64.6 Å². The molecule has 2 aromatic rings. The summed E-state index contributed by atoms with van der Waals surface area (Å²) in [6.07, 6.45) is 0.179. The number of imide groups is 1. The highest BCUT2D eigenvalue weighted by molar-refractivity contribution is 9.10. The van der Waals surface area contributed by atoms with E-state index < -0.39 is 6.04 Å². The Kier molecular flexibility index (Phi) is 5.28. The normalized spacial score (nSPS) is 20.7. The first-order valence-electron chi connectivity index (χ1n) is 9.25. The molecule has 0 spiro atoms. The minimum absolute atomic E-state index is 0.00448. The van der Waals surface area contributed by atoms with Gasteiger partial charge in [-0.1, -0.05) is 40.2 Å². The van der Waals surface area contributed by atoms with Crippen molar-refractivity contribution in [1.82, 2.24) is 9.80 Å². The molecule has 7 heteroatoms. The summed E-state index contributed by atoms with van der Waals surface area (Å²) in [5, 5.41) is 0. The molecule has 2 aromatic carbocycles. The van der Waals surface area contributed by atoms with Crippen LogP contribution in [0.1, 0.15) is 16.8 Å². The lowest BCUT2D eigenvalue weighted by atomic mass is 10.1. The van der Waals surface area contributed by atoms with Crippen molar-refractivity contribution in [3.8, 4) is 0 Å². The highest BCUT2D eigenvalue weighted by atomic mass is 79.9. The second kappa shape index (κ2) is 7.85. The first-order valence-corrected chi connectivity index (χ1v) is 10.0. The Morgan fingerprint density at radius 1 is 0.929 bits per heavy atom. The molecule has 144 valence electrons. The number of halogens is 1. The summed E-state index contributed by atoms with van der Waals surface area (Å²) in [4.78, 5) is 43.1. The molecule has 2 saturated heterocycles. The van der Waals surface area contributed by atoms with Gasteiger partial charge in [0.25, 0.3) is 11.8 Å². The zero-order valence-corrected chi connectivity index (χ0v) is 16.8. The third kappa shape index (κ3) is 3.59. The van der Waals surface area contributed by atoms with Crippen LogP contribution in [-0.2, 0) is 9.59 Å². The minimum atomic E-state index is -0.458. The number of hydrogen-bond donors (Lipinski definition) is 0. The minimum Gasteiger partial charge on any atom is -0.336 e. The summed E-state index contributed by atoms with van der Waals surface area (Å²) in [5.41, 5.74) is 1.26. The van der Waals surface area contributed by atoms with E-state index in [0.717, 1.165) is 4.47 Å². The molecule has 0 aromatic heterocycles. The van der Waals surface area contributed by atoms with Gasteiger partial charge in [0.2, 0.25) is 5.91 Å². The van der Waals surface area contributed by atoms with E-state index in [1.807, 2.05) is 41.3 Å². The fourth-order valence-corrected chi connectivity index (χ4v) is 4.17. The van der Waals surface area contributed by atoms with E-state index in [-0.39, 0.29) is 24.1 Å². The zero-order valence-electron chi connectivity index (χ0n) is 15.3. The molecule has 0 saturated carbocycles. The predicted octanol–water partition coefficient (Wildman–Crippen LogP) is 2.54. The maximum absolute atomic E-state index is 12.9. The Bertz CT molecular complexity index is 910. The van der Waals surface area contributed by atoms with Gasteiger partial charge in [-0.2, -0.15) is 0 Å². The summed E-state index contributed by atoms with van der Waals surface area (Å²) in [6, 6.07) is 15.9. The average Bonchev–Trinajstić information content (AvgIpc) is 3.02. The highest BCUT2D eigenvalue weighted by Crippen LogP contribution is 2.28. The van der Waals surface area contributed by atoms with Crippen molar-refractivity contribution in [2.45, 2.75) is 12.5 Å². The van der Waals surface area contributed by atoms with E-state index >= 15 is 0 Å². The molecule has 0 radical (unpaired) electrons. The molecule has 28 heavy (non-hydrogen) atoms. The number of nitrogens with zero attached hydrogens (tertiary/aromatic N) is 3. The monoisotopic (exact) mass is 441 g/mol. The Morgan fingerprint density at radius 3 is 2.32 bits per heavy atom. The van der Waals surface area contributed by atoms with Gasteiger partial charge in [-0.3, -0.25) is 19.3 Å². The molecule has 2 aliphatic heterocycles. The second-order valence-corrected chi connectivity index (χ2v) is 7.88. The topological polar surface area (TPSA) is 60.9 Å². The van der Waals surface area contributed by atoms with Crippen LogP contribution in [0.3, 0.4) is 0 Å². The second-order valence-electron chi connectivity index (χ2n) is 6.96. The van der Waals surface area contributed by atoms with Crippen LogP contribution in [0, 0.1) is 0 Å². The van der Waals surface area contributed by atoms with E-state index in [2.05, 4.69) is 15.9 Å². The van der Waals surface area contributed by atoms with Crippen molar-refractivity contribution in [3.63, 3.8) is 0 Å². The van der Waals surface area contributed by atoms with Crippen LogP contribution in [0.15, 0.2) is 59.1 Å². The molecule has 0 bridgehead atoms. The van der Waals surface area contributed by atoms with Gasteiger partial charge in [0.15, 0.2) is 0 Å². The highest BCUT2D eigenvalue weighted by Gasteiger charge is 2.43. The van der Waals surface area contributed by atoms with Crippen molar-refractivity contribution in [2.75, 3.05) is 31.1 Å². The molecule has 3 amide bonds. The molecule has 6 nitrogen and oxygen atoms in total. The number of piperazine rings is 1. The van der Waals surface area contributed by atoms with Crippen LogP contribution in [0.4, 0.5) is 5.69 Å². The quantitative estimate of drug-likeness (QED) is 0.686. The molecule has 0 aliphatic carbocycles. The average molecular weight is 442 g/mol. The molecule has 1 atom stereocenters. The Morgan fingerprint density at radius 2 is 1.64 bits per heavy atom. The number of rotatable bonds is 3. The summed E-state index contributed by atoms with van der Waals surface area (Å²) in [7, 11) is 0. The largest absolute Gasteiger partial charge is 0.336 e. The molecular formula is C21H20BrN3O3. The number of benzene rings is 2. The summed E-state index contributed by atoms with van der Waals surface area (Å²) >= 11 is 3.38. The summed E-state index contributed by atoms with van der Waals surface area (Å²) in [5.74, 6) is -0.369. The van der Waals surface area contributed by atoms with Gasteiger partial charge < -0.3 is 4.90 Å². The SMILES string of the molecule is O=C(c1ccccc1)N1CCN([C@@H]2CC(=O)N(c3cccc(Br)c3)C2=O)CC1. The Labute approximate surface area is 171 Å². The van der Waals surface area contributed by atoms with Gasteiger partial charge in [-0.05, 0) is 30.3 Å². The van der Waals surface area contributed by atoms with Crippen molar-refractivity contribution < 1.29 is 14.4 Å². The lowest BCUT2D eigenvalue weighted by Gasteiger charge is -2.37. The molecule has 2 fully saturated rings. The third-order valence-electron chi connectivity index (χ3n) is 5.25. The standard InChI is InChI=1S/C21H20BrN3O3/c22-16-7-4-8-17(13-16)25-19(26)14-18(21(25)28)23-9-11-24(12-10-23)20(27)15-5-2-1-3-6-15/h1-8,13,18H,9-12,14H2/t18-/m1/s1. The van der Waals surface area contributed by atoms with Crippen molar-refractivity contribution in [1.29, 1.82) is 0 Å². The van der Waals surface area contributed by atoms with Gasteiger partial charge in [0.05, 0.1) is 18.2 Å². The van der Waals surface area contributed by atoms with Crippen LogP contribution < -0.4 is 4.90 Å². The fraction of sp³-hybridized carbons (Fsp3) is 0.286.